The van der Waals surface area contributed by atoms with Crippen molar-refractivity contribution >= 4 is 11.6 Å². The van der Waals surface area contributed by atoms with Crippen LogP contribution in [0.1, 0.15) is 54.4 Å². The SMILES string of the molecule is Cc1cccc(N)c1C(=O)N1CCCC1C1CCCC1. The number of nitrogens with two attached hydrogens (primary N) is 1. The number of amides is 1. The zero-order valence-corrected chi connectivity index (χ0v) is 12.3. The van der Waals surface area contributed by atoms with Gasteiger partial charge in [0, 0.05) is 18.3 Å². The predicted octanol–water partition coefficient (Wildman–Crippen LogP) is 3.37. The summed E-state index contributed by atoms with van der Waals surface area (Å²) < 4.78 is 0. The number of hydrogen-bond acceptors (Lipinski definition) is 2. The molecule has 1 aromatic rings. The van der Waals surface area contributed by atoms with Crippen LogP contribution in [0.2, 0.25) is 0 Å². The van der Waals surface area contributed by atoms with Gasteiger partial charge in [0.05, 0.1) is 5.56 Å². The van der Waals surface area contributed by atoms with Crippen LogP contribution < -0.4 is 5.73 Å². The van der Waals surface area contributed by atoms with Crippen molar-refractivity contribution in [3.05, 3.63) is 29.3 Å². The monoisotopic (exact) mass is 272 g/mol. The van der Waals surface area contributed by atoms with Gasteiger partial charge in [-0.25, -0.2) is 0 Å². The van der Waals surface area contributed by atoms with E-state index in [0.29, 0.717) is 17.6 Å². The van der Waals surface area contributed by atoms with Crippen LogP contribution in [0.5, 0.6) is 0 Å². The lowest BCUT2D eigenvalue weighted by Gasteiger charge is -2.30. The van der Waals surface area contributed by atoms with Crippen LogP contribution in [0, 0.1) is 12.8 Å². The van der Waals surface area contributed by atoms with Gasteiger partial charge in [-0.3, -0.25) is 4.79 Å². The summed E-state index contributed by atoms with van der Waals surface area (Å²) in [4.78, 5) is 15.0. The molecule has 108 valence electrons. The van der Waals surface area contributed by atoms with Crippen LogP contribution in [0.25, 0.3) is 0 Å². The molecule has 1 aliphatic carbocycles. The molecule has 2 fully saturated rings. The van der Waals surface area contributed by atoms with E-state index in [2.05, 4.69) is 4.90 Å². The molecule has 1 saturated carbocycles. The number of aryl methyl sites for hydroxylation is 1. The van der Waals surface area contributed by atoms with Crippen molar-refractivity contribution in [2.24, 2.45) is 5.92 Å². The first-order chi connectivity index (χ1) is 9.68. The molecule has 0 aromatic heterocycles. The summed E-state index contributed by atoms with van der Waals surface area (Å²) >= 11 is 0. The molecule has 0 spiro atoms. The molecule has 1 aromatic carbocycles. The lowest BCUT2D eigenvalue weighted by Crippen LogP contribution is -2.40. The lowest BCUT2D eigenvalue weighted by molar-refractivity contribution is 0.0689. The number of rotatable bonds is 2. The first kappa shape index (κ1) is 13.5. The molecule has 1 amide bonds. The van der Waals surface area contributed by atoms with Gasteiger partial charge in [0.2, 0.25) is 0 Å². The molecule has 0 radical (unpaired) electrons. The molecular formula is C17H24N2O. The van der Waals surface area contributed by atoms with Gasteiger partial charge in [-0.05, 0) is 50.2 Å². The smallest absolute Gasteiger partial charge is 0.256 e. The highest BCUT2D eigenvalue weighted by molar-refractivity contribution is 6.00. The summed E-state index contributed by atoms with van der Waals surface area (Å²) in [5.41, 5.74) is 8.37. The number of anilines is 1. The second kappa shape index (κ2) is 5.47. The van der Waals surface area contributed by atoms with Crippen LogP contribution in [-0.4, -0.2) is 23.4 Å². The molecule has 3 nitrogen and oxygen atoms in total. The van der Waals surface area contributed by atoms with Gasteiger partial charge in [-0.1, -0.05) is 25.0 Å². The minimum atomic E-state index is 0.148. The van der Waals surface area contributed by atoms with Crippen molar-refractivity contribution < 1.29 is 4.79 Å². The number of hydrogen-bond donors (Lipinski definition) is 1. The molecule has 1 heterocycles. The zero-order chi connectivity index (χ0) is 14.1. The van der Waals surface area contributed by atoms with Crippen molar-refractivity contribution in [3.8, 4) is 0 Å². The van der Waals surface area contributed by atoms with E-state index in [1.807, 2.05) is 25.1 Å². The number of carbonyl (C=O) groups is 1. The van der Waals surface area contributed by atoms with Crippen LogP contribution in [-0.2, 0) is 0 Å². The molecule has 2 N–H and O–H groups in total. The molecular weight excluding hydrogens is 248 g/mol. The number of nitrogens with zero attached hydrogens (tertiary/aromatic N) is 1. The van der Waals surface area contributed by atoms with Crippen molar-refractivity contribution in [1.29, 1.82) is 0 Å². The molecule has 3 heteroatoms. The van der Waals surface area contributed by atoms with Gasteiger partial charge >= 0.3 is 0 Å². The summed E-state index contributed by atoms with van der Waals surface area (Å²) in [6.07, 6.45) is 7.54. The third kappa shape index (κ3) is 2.30. The number of nitrogen functional groups attached to an aromatic ring is 1. The molecule has 3 rings (SSSR count). The Kier molecular flexibility index (Phi) is 3.68. The van der Waals surface area contributed by atoms with Crippen LogP contribution in [0.4, 0.5) is 5.69 Å². The summed E-state index contributed by atoms with van der Waals surface area (Å²) in [6.45, 7) is 2.87. The Morgan fingerprint density at radius 2 is 1.95 bits per heavy atom. The van der Waals surface area contributed by atoms with E-state index in [1.165, 1.54) is 32.1 Å². The van der Waals surface area contributed by atoms with Crippen molar-refractivity contribution in [1.82, 2.24) is 4.90 Å². The Morgan fingerprint density at radius 1 is 1.20 bits per heavy atom. The van der Waals surface area contributed by atoms with Crippen LogP contribution >= 0.6 is 0 Å². The number of benzene rings is 1. The van der Waals surface area contributed by atoms with Gasteiger partial charge in [0.15, 0.2) is 0 Å². The molecule has 1 atom stereocenters. The van der Waals surface area contributed by atoms with Crippen molar-refractivity contribution in [2.75, 3.05) is 12.3 Å². The highest BCUT2D eigenvalue weighted by atomic mass is 16.2. The zero-order valence-electron chi connectivity index (χ0n) is 12.3. The molecule has 2 aliphatic rings. The fraction of sp³-hybridized carbons (Fsp3) is 0.588. The van der Waals surface area contributed by atoms with E-state index in [1.54, 1.807) is 0 Å². The Bertz CT molecular complexity index is 485. The summed E-state index contributed by atoms with van der Waals surface area (Å²) in [5, 5.41) is 0. The number of carbonyl (C=O) groups excluding carboxylic acids is 1. The van der Waals surface area contributed by atoms with Crippen molar-refractivity contribution in [3.63, 3.8) is 0 Å². The Morgan fingerprint density at radius 3 is 2.65 bits per heavy atom. The fourth-order valence-corrected chi connectivity index (χ4v) is 4.00. The minimum Gasteiger partial charge on any atom is -0.398 e. The maximum Gasteiger partial charge on any atom is 0.256 e. The number of likely N-dealkylation sites (tertiary alicyclic amines) is 1. The average molecular weight is 272 g/mol. The van der Waals surface area contributed by atoms with Gasteiger partial charge in [0.1, 0.15) is 0 Å². The maximum atomic E-state index is 12.9. The molecule has 0 bridgehead atoms. The van der Waals surface area contributed by atoms with Crippen LogP contribution in [0.3, 0.4) is 0 Å². The summed E-state index contributed by atoms with van der Waals surface area (Å²) in [7, 11) is 0. The van der Waals surface area contributed by atoms with E-state index in [4.69, 9.17) is 5.73 Å². The second-order valence-corrected chi connectivity index (χ2v) is 6.29. The lowest BCUT2D eigenvalue weighted by atomic mass is 9.95. The first-order valence-corrected chi connectivity index (χ1v) is 7.84. The van der Waals surface area contributed by atoms with E-state index in [9.17, 15) is 4.79 Å². The minimum absolute atomic E-state index is 0.148. The summed E-state index contributed by atoms with van der Waals surface area (Å²) in [6, 6.07) is 6.18. The predicted molar refractivity (Wildman–Crippen MR) is 81.6 cm³/mol. The molecule has 1 unspecified atom stereocenters. The van der Waals surface area contributed by atoms with Gasteiger partial charge in [0.25, 0.3) is 5.91 Å². The quantitative estimate of drug-likeness (QED) is 0.839. The maximum absolute atomic E-state index is 12.9. The van der Waals surface area contributed by atoms with Crippen LogP contribution in [0.15, 0.2) is 18.2 Å². The highest BCUT2D eigenvalue weighted by Gasteiger charge is 2.36. The average Bonchev–Trinajstić information content (AvgIpc) is 3.09. The Balaban J connectivity index is 1.85. The normalized spacial score (nSPS) is 23.4. The Labute approximate surface area is 121 Å². The van der Waals surface area contributed by atoms with Gasteiger partial charge < -0.3 is 10.6 Å². The standard InChI is InChI=1S/C17H24N2O/c1-12-6-4-9-14(18)16(12)17(20)19-11-5-10-15(19)13-7-2-3-8-13/h4,6,9,13,15H,2-3,5,7-8,10-11,18H2,1H3. The largest absolute Gasteiger partial charge is 0.398 e. The third-order valence-electron chi connectivity index (χ3n) is 5.02. The molecule has 1 saturated heterocycles. The first-order valence-electron chi connectivity index (χ1n) is 7.84. The third-order valence-corrected chi connectivity index (χ3v) is 5.02. The summed E-state index contributed by atoms with van der Waals surface area (Å²) in [5.74, 6) is 0.863. The van der Waals surface area contributed by atoms with Crippen molar-refractivity contribution in [2.45, 2.75) is 51.5 Å². The van der Waals surface area contributed by atoms with E-state index in [-0.39, 0.29) is 5.91 Å². The fourth-order valence-electron chi connectivity index (χ4n) is 4.00. The highest BCUT2D eigenvalue weighted by Crippen LogP contribution is 2.36. The van der Waals surface area contributed by atoms with E-state index >= 15 is 0 Å². The van der Waals surface area contributed by atoms with E-state index in [0.717, 1.165) is 24.1 Å². The van der Waals surface area contributed by atoms with Gasteiger partial charge in [-0.2, -0.15) is 0 Å². The topological polar surface area (TPSA) is 46.3 Å². The molecule has 1 aliphatic heterocycles. The second-order valence-electron chi connectivity index (χ2n) is 6.29. The van der Waals surface area contributed by atoms with E-state index < -0.39 is 0 Å². The Hall–Kier alpha value is -1.51. The van der Waals surface area contributed by atoms with Gasteiger partial charge in [-0.15, -0.1) is 0 Å². The molecule has 20 heavy (non-hydrogen) atoms.